The molecule has 0 aromatic heterocycles. The molecule has 0 unspecified atom stereocenters. The van der Waals surface area contributed by atoms with E-state index >= 15 is 0 Å². The van der Waals surface area contributed by atoms with Gasteiger partial charge in [-0.3, -0.25) is 4.79 Å². The van der Waals surface area contributed by atoms with Gasteiger partial charge >= 0.3 is 0 Å². The molecule has 0 aliphatic heterocycles. The lowest BCUT2D eigenvalue weighted by atomic mass is 10.1. The van der Waals surface area contributed by atoms with Crippen molar-refractivity contribution in [3.63, 3.8) is 0 Å². The van der Waals surface area contributed by atoms with Gasteiger partial charge in [-0.25, -0.2) is 13.1 Å². The number of carbonyl (C=O) groups is 1. The lowest BCUT2D eigenvalue weighted by molar-refractivity contribution is -0.118. The summed E-state index contributed by atoms with van der Waals surface area (Å²) in [6.45, 7) is 3.89. The molecule has 1 rings (SSSR count). The quantitative estimate of drug-likeness (QED) is 0.634. The molecule has 6 nitrogen and oxygen atoms in total. The molecule has 0 spiro atoms. The molecule has 0 bridgehead atoms. The Hall–Kier alpha value is -1.44. The summed E-state index contributed by atoms with van der Waals surface area (Å²) < 4.78 is 26.5. The number of nitrogens with one attached hydrogen (secondary N) is 2. The van der Waals surface area contributed by atoms with Crippen molar-refractivity contribution >= 4 is 15.9 Å². The molecule has 0 heterocycles. The summed E-state index contributed by atoms with van der Waals surface area (Å²) in [5.41, 5.74) is 7.03. The zero-order valence-electron chi connectivity index (χ0n) is 11.1. The average Bonchev–Trinajstić information content (AvgIpc) is 2.34. The Labute approximate surface area is 113 Å². The Morgan fingerprint density at radius 3 is 2.53 bits per heavy atom. The fraction of sp³-hybridized carbons (Fsp3) is 0.417. The van der Waals surface area contributed by atoms with Gasteiger partial charge in [0.2, 0.25) is 15.9 Å². The van der Waals surface area contributed by atoms with E-state index in [1.54, 1.807) is 19.1 Å². The van der Waals surface area contributed by atoms with E-state index in [1.807, 2.05) is 0 Å². The first-order valence-corrected chi connectivity index (χ1v) is 7.39. The van der Waals surface area contributed by atoms with Crippen LogP contribution in [0.15, 0.2) is 23.1 Å². The second-order valence-corrected chi connectivity index (χ2v) is 5.92. The Morgan fingerprint density at radius 1 is 1.32 bits per heavy atom. The van der Waals surface area contributed by atoms with Gasteiger partial charge in [0, 0.05) is 26.6 Å². The highest BCUT2D eigenvalue weighted by Crippen LogP contribution is 2.16. The Bertz CT molecular complexity index is 555. The molecule has 0 saturated carbocycles. The van der Waals surface area contributed by atoms with Crippen LogP contribution in [0, 0.1) is 6.92 Å². The third-order valence-corrected chi connectivity index (χ3v) is 4.18. The summed E-state index contributed by atoms with van der Waals surface area (Å²) in [5.74, 6) is -0.192. The second-order valence-electron chi connectivity index (χ2n) is 4.18. The van der Waals surface area contributed by atoms with Crippen molar-refractivity contribution in [3.8, 4) is 0 Å². The van der Waals surface area contributed by atoms with Crippen LogP contribution in [0.4, 0.5) is 0 Å². The first-order valence-electron chi connectivity index (χ1n) is 5.90. The number of amides is 1. The van der Waals surface area contributed by atoms with Crippen molar-refractivity contribution in [3.05, 3.63) is 29.3 Å². The monoisotopic (exact) mass is 285 g/mol. The maximum atomic E-state index is 12.0. The molecule has 0 saturated heterocycles. The van der Waals surface area contributed by atoms with Crippen LogP contribution in [0.5, 0.6) is 0 Å². The largest absolute Gasteiger partial charge is 0.355 e. The maximum absolute atomic E-state index is 12.0. The van der Waals surface area contributed by atoms with Gasteiger partial charge in [-0.1, -0.05) is 12.1 Å². The van der Waals surface area contributed by atoms with E-state index in [0.29, 0.717) is 12.1 Å². The highest BCUT2D eigenvalue weighted by atomic mass is 32.2. The van der Waals surface area contributed by atoms with Crippen LogP contribution < -0.4 is 15.8 Å². The van der Waals surface area contributed by atoms with Crippen LogP contribution in [-0.2, 0) is 21.4 Å². The van der Waals surface area contributed by atoms with Crippen LogP contribution >= 0.6 is 0 Å². The van der Waals surface area contributed by atoms with Crippen molar-refractivity contribution in [2.75, 3.05) is 13.1 Å². The highest BCUT2D eigenvalue weighted by Gasteiger charge is 2.16. The SMILES string of the molecule is CC(=O)NCCNS(=O)(=O)c1ccc(CN)cc1C. The minimum Gasteiger partial charge on any atom is -0.355 e. The summed E-state index contributed by atoms with van der Waals surface area (Å²) >= 11 is 0. The minimum atomic E-state index is -3.56. The van der Waals surface area contributed by atoms with Crippen molar-refractivity contribution in [1.82, 2.24) is 10.0 Å². The maximum Gasteiger partial charge on any atom is 0.240 e. The molecule has 0 atom stereocenters. The van der Waals surface area contributed by atoms with E-state index in [0.717, 1.165) is 5.56 Å². The molecule has 1 amide bonds. The Kier molecular flexibility index (Phi) is 5.46. The Morgan fingerprint density at radius 2 is 2.00 bits per heavy atom. The van der Waals surface area contributed by atoms with Gasteiger partial charge in [0.05, 0.1) is 4.90 Å². The smallest absolute Gasteiger partial charge is 0.240 e. The Balaban J connectivity index is 2.74. The van der Waals surface area contributed by atoms with Crippen LogP contribution in [-0.4, -0.2) is 27.4 Å². The average molecular weight is 285 g/mol. The van der Waals surface area contributed by atoms with Gasteiger partial charge in [-0.2, -0.15) is 0 Å². The van der Waals surface area contributed by atoms with Crippen molar-refractivity contribution in [1.29, 1.82) is 0 Å². The van der Waals surface area contributed by atoms with E-state index in [1.165, 1.54) is 13.0 Å². The van der Waals surface area contributed by atoms with Gasteiger partial charge in [0.25, 0.3) is 0 Å². The third kappa shape index (κ3) is 4.62. The number of carbonyl (C=O) groups excluding carboxylic acids is 1. The van der Waals surface area contributed by atoms with Gasteiger partial charge in [-0.15, -0.1) is 0 Å². The standard InChI is InChI=1S/C12H19N3O3S/c1-9-7-11(8-13)3-4-12(9)19(17,18)15-6-5-14-10(2)16/h3-4,7,15H,5-6,8,13H2,1-2H3,(H,14,16). The van der Waals surface area contributed by atoms with Gasteiger partial charge in [-0.05, 0) is 24.1 Å². The molecule has 1 aromatic rings. The van der Waals surface area contributed by atoms with E-state index in [9.17, 15) is 13.2 Å². The van der Waals surface area contributed by atoms with Crippen molar-refractivity contribution in [2.24, 2.45) is 5.73 Å². The number of benzene rings is 1. The molecular formula is C12H19N3O3S. The normalized spacial score (nSPS) is 11.3. The molecule has 0 aliphatic carbocycles. The molecule has 0 aliphatic rings. The van der Waals surface area contributed by atoms with Crippen LogP contribution in [0.3, 0.4) is 0 Å². The summed E-state index contributed by atoms with van der Waals surface area (Å²) in [7, 11) is -3.56. The minimum absolute atomic E-state index is 0.153. The third-order valence-electron chi connectivity index (χ3n) is 2.56. The number of aryl methyl sites for hydroxylation is 1. The number of hydrogen-bond donors (Lipinski definition) is 3. The van der Waals surface area contributed by atoms with E-state index in [-0.39, 0.29) is 23.9 Å². The molecule has 1 aromatic carbocycles. The van der Waals surface area contributed by atoms with E-state index < -0.39 is 10.0 Å². The van der Waals surface area contributed by atoms with Gasteiger partial charge in [0.1, 0.15) is 0 Å². The second kappa shape index (κ2) is 6.65. The molecule has 0 radical (unpaired) electrons. The molecule has 0 fully saturated rings. The first kappa shape index (κ1) is 15.6. The summed E-state index contributed by atoms with van der Waals surface area (Å²) in [4.78, 5) is 10.9. The molecule has 106 valence electrons. The first-order chi connectivity index (χ1) is 8.86. The van der Waals surface area contributed by atoms with E-state index in [2.05, 4.69) is 10.0 Å². The van der Waals surface area contributed by atoms with E-state index in [4.69, 9.17) is 5.73 Å². The predicted octanol–water partition coefficient (Wildman–Crippen LogP) is -0.132. The highest BCUT2D eigenvalue weighted by molar-refractivity contribution is 7.89. The topological polar surface area (TPSA) is 101 Å². The fourth-order valence-corrected chi connectivity index (χ4v) is 2.90. The number of sulfonamides is 1. The molecule has 4 N–H and O–H groups in total. The van der Waals surface area contributed by atoms with Crippen LogP contribution in [0.1, 0.15) is 18.1 Å². The van der Waals surface area contributed by atoms with Crippen molar-refractivity contribution < 1.29 is 13.2 Å². The number of nitrogens with two attached hydrogens (primary N) is 1. The zero-order chi connectivity index (χ0) is 14.5. The summed E-state index contributed by atoms with van der Waals surface area (Å²) in [5, 5.41) is 2.52. The van der Waals surface area contributed by atoms with Crippen LogP contribution in [0.2, 0.25) is 0 Å². The number of hydrogen-bond acceptors (Lipinski definition) is 4. The molecule has 19 heavy (non-hydrogen) atoms. The lowest BCUT2D eigenvalue weighted by Gasteiger charge is -2.10. The summed E-state index contributed by atoms with van der Waals surface area (Å²) in [6, 6.07) is 4.98. The molecule has 7 heteroatoms. The number of rotatable bonds is 6. The van der Waals surface area contributed by atoms with Gasteiger partial charge < -0.3 is 11.1 Å². The predicted molar refractivity (Wildman–Crippen MR) is 72.9 cm³/mol. The fourth-order valence-electron chi connectivity index (χ4n) is 1.64. The lowest BCUT2D eigenvalue weighted by Crippen LogP contribution is -2.33. The van der Waals surface area contributed by atoms with Crippen molar-refractivity contribution in [2.45, 2.75) is 25.3 Å². The van der Waals surface area contributed by atoms with Gasteiger partial charge in [0.15, 0.2) is 0 Å². The zero-order valence-corrected chi connectivity index (χ0v) is 11.9. The van der Waals surface area contributed by atoms with Crippen LogP contribution in [0.25, 0.3) is 0 Å². The molecular weight excluding hydrogens is 266 g/mol. The summed E-state index contributed by atoms with van der Waals surface area (Å²) in [6.07, 6.45) is 0.